The molecule has 4 heteroatoms. The molecule has 0 bridgehead atoms. The minimum Gasteiger partial charge on any atom is -0.374 e. The van der Waals surface area contributed by atoms with Crippen molar-refractivity contribution >= 4 is 11.6 Å². The molecule has 1 aliphatic heterocycles. The Morgan fingerprint density at radius 3 is 2.88 bits per heavy atom. The summed E-state index contributed by atoms with van der Waals surface area (Å²) in [5.41, 5.74) is 2.02. The van der Waals surface area contributed by atoms with E-state index in [9.17, 15) is 4.79 Å². The number of ether oxygens (including phenoxy) is 1. The van der Waals surface area contributed by atoms with Crippen molar-refractivity contribution in [1.29, 1.82) is 0 Å². The van der Waals surface area contributed by atoms with Gasteiger partial charge in [-0.15, -0.1) is 0 Å². The molecule has 1 heterocycles. The highest BCUT2D eigenvalue weighted by atomic mass is 16.5. The lowest BCUT2D eigenvalue weighted by atomic mass is 9.98. The van der Waals surface area contributed by atoms with Gasteiger partial charge >= 0.3 is 0 Å². The zero-order valence-electron chi connectivity index (χ0n) is 14.6. The Kier molecular flexibility index (Phi) is 6.67. The maximum absolute atomic E-state index is 12.1. The second kappa shape index (κ2) is 9.19. The predicted octanol–water partition coefficient (Wildman–Crippen LogP) is 3.86. The van der Waals surface area contributed by atoms with E-state index in [4.69, 9.17) is 4.74 Å². The molecule has 1 saturated heterocycles. The van der Waals surface area contributed by atoms with Gasteiger partial charge in [0, 0.05) is 12.1 Å². The normalized spacial score (nSPS) is 21.8. The summed E-state index contributed by atoms with van der Waals surface area (Å²) in [5.74, 6) is 0.776. The fourth-order valence-corrected chi connectivity index (χ4v) is 3.70. The quantitative estimate of drug-likeness (QED) is 0.798. The average molecular weight is 330 g/mol. The lowest BCUT2D eigenvalue weighted by Crippen LogP contribution is -2.16. The number of carbonyl (C=O) groups excluding carboxylic acids is 1. The highest BCUT2D eigenvalue weighted by Crippen LogP contribution is 2.22. The zero-order chi connectivity index (χ0) is 16.6. The van der Waals surface area contributed by atoms with E-state index in [1.807, 2.05) is 18.2 Å². The van der Waals surface area contributed by atoms with Crippen molar-refractivity contribution in [3.05, 3.63) is 29.8 Å². The third kappa shape index (κ3) is 5.60. The number of anilines is 1. The van der Waals surface area contributed by atoms with Crippen molar-refractivity contribution in [2.75, 3.05) is 18.4 Å². The Labute approximate surface area is 145 Å². The minimum atomic E-state index is 0.118. The van der Waals surface area contributed by atoms with E-state index in [-0.39, 0.29) is 5.91 Å². The Morgan fingerprint density at radius 1 is 1.21 bits per heavy atom. The lowest BCUT2D eigenvalue weighted by Gasteiger charge is -2.22. The van der Waals surface area contributed by atoms with E-state index in [0.29, 0.717) is 25.0 Å². The molecule has 2 aliphatic rings. The average Bonchev–Trinajstić information content (AvgIpc) is 3.13. The molecular weight excluding hydrogens is 300 g/mol. The molecule has 24 heavy (non-hydrogen) atoms. The number of nitrogens with one attached hydrogen (secondary N) is 2. The molecule has 0 aromatic heterocycles. The van der Waals surface area contributed by atoms with Gasteiger partial charge in [0.05, 0.1) is 12.7 Å². The van der Waals surface area contributed by atoms with Crippen LogP contribution in [-0.2, 0) is 16.1 Å². The first-order chi connectivity index (χ1) is 11.8. The lowest BCUT2D eigenvalue weighted by molar-refractivity contribution is -0.116. The topological polar surface area (TPSA) is 50.4 Å². The predicted molar refractivity (Wildman–Crippen MR) is 96.9 cm³/mol. The van der Waals surface area contributed by atoms with Gasteiger partial charge < -0.3 is 15.4 Å². The summed E-state index contributed by atoms with van der Waals surface area (Å²) in [6.07, 6.45) is 9.49. The number of amides is 1. The third-order valence-electron chi connectivity index (χ3n) is 5.19. The summed E-state index contributed by atoms with van der Waals surface area (Å²) < 4.78 is 6.02. The SMILES string of the molecule is O=C(CCC1CCNC1)Nc1cccc(COC2CCCCC2)c1. The zero-order valence-corrected chi connectivity index (χ0v) is 14.6. The van der Waals surface area contributed by atoms with Crippen molar-refractivity contribution in [2.24, 2.45) is 5.92 Å². The third-order valence-corrected chi connectivity index (χ3v) is 5.19. The van der Waals surface area contributed by atoms with Crippen LogP contribution in [0.1, 0.15) is 56.9 Å². The summed E-state index contributed by atoms with van der Waals surface area (Å²) in [7, 11) is 0. The van der Waals surface area contributed by atoms with E-state index >= 15 is 0 Å². The van der Waals surface area contributed by atoms with Crippen LogP contribution in [0, 0.1) is 5.92 Å². The van der Waals surface area contributed by atoms with Gasteiger partial charge in [-0.3, -0.25) is 4.79 Å². The monoisotopic (exact) mass is 330 g/mol. The van der Waals surface area contributed by atoms with Crippen molar-refractivity contribution in [3.63, 3.8) is 0 Å². The molecule has 3 rings (SSSR count). The van der Waals surface area contributed by atoms with E-state index in [0.717, 1.165) is 30.8 Å². The minimum absolute atomic E-state index is 0.118. The van der Waals surface area contributed by atoms with Crippen LogP contribution in [0.2, 0.25) is 0 Å². The second-order valence-electron chi connectivity index (χ2n) is 7.22. The number of hydrogen-bond donors (Lipinski definition) is 2. The van der Waals surface area contributed by atoms with Crippen LogP contribution in [-0.4, -0.2) is 25.1 Å². The standard InChI is InChI=1S/C20H30N2O2/c23-20(10-9-16-11-12-21-14-16)22-18-6-4-5-17(13-18)15-24-19-7-2-1-3-8-19/h4-6,13,16,19,21H,1-3,7-12,14-15H2,(H,22,23). The molecular formula is C20H30N2O2. The van der Waals surface area contributed by atoms with Crippen molar-refractivity contribution in [2.45, 2.75) is 64.1 Å². The van der Waals surface area contributed by atoms with Crippen molar-refractivity contribution in [1.82, 2.24) is 5.32 Å². The second-order valence-corrected chi connectivity index (χ2v) is 7.22. The van der Waals surface area contributed by atoms with Crippen LogP contribution in [0.3, 0.4) is 0 Å². The molecule has 1 saturated carbocycles. The van der Waals surface area contributed by atoms with Crippen LogP contribution in [0.15, 0.2) is 24.3 Å². The van der Waals surface area contributed by atoms with E-state index in [2.05, 4.69) is 16.7 Å². The largest absolute Gasteiger partial charge is 0.374 e. The first-order valence-electron chi connectivity index (χ1n) is 9.51. The Hall–Kier alpha value is -1.39. The molecule has 1 unspecified atom stereocenters. The van der Waals surface area contributed by atoms with Gasteiger partial charge in [0.25, 0.3) is 0 Å². The summed E-state index contributed by atoms with van der Waals surface area (Å²) in [4.78, 5) is 12.1. The van der Waals surface area contributed by atoms with Gasteiger partial charge in [-0.2, -0.15) is 0 Å². The number of rotatable bonds is 7. The van der Waals surface area contributed by atoms with Crippen LogP contribution in [0.4, 0.5) is 5.69 Å². The summed E-state index contributed by atoms with van der Waals surface area (Å²) >= 11 is 0. The molecule has 4 nitrogen and oxygen atoms in total. The first-order valence-corrected chi connectivity index (χ1v) is 9.51. The highest BCUT2D eigenvalue weighted by Gasteiger charge is 2.16. The fraction of sp³-hybridized carbons (Fsp3) is 0.650. The van der Waals surface area contributed by atoms with Gasteiger partial charge in [-0.1, -0.05) is 31.4 Å². The summed E-state index contributed by atoms with van der Waals surface area (Å²) in [6, 6.07) is 8.07. The molecule has 2 N–H and O–H groups in total. The van der Waals surface area contributed by atoms with Gasteiger partial charge in [-0.25, -0.2) is 0 Å². The van der Waals surface area contributed by atoms with Gasteiger partial charge in [-0.05, 0) is 62.4 Å². The smallest absolute Gasteiger partial charge is 0.224 e. The Morgan fingerprint density at radius 2 is 2.08 bits per heavy atom. The maximum atomic E-state index is 12.1. The van der Waals surface area contributed by atoms with E-state index in [1.165, 1.54) is 38.5 Å². The molecule has 0 radical (unpaired) electrons. The number of benzene rings is 1. The Bertz CT molecular complexity index is 520. The Balaban J connectivity index is 1.42. The molecule has 1 aromatic carbocycles. The van der Waals surface area contributed by atoms with Crippen molar-refractivity contribution in [3.8, 4) is 0 Å². The number of carbonyl (C=O) groups is 1. The molecule has 1 aliphatic carbocycles. The van der Waals surface area contributed by atoms with Crippen LogP contribution in [0.5, 0.6) is 0 Å². The van der Waals surface area contributed by atoms with Crippen molar-refractivity contribution < 1.29 is 9.53 Å². The van der Waals surface area contributed by atoms with E-state index < -0.39 is 0 Å². The number of hydrogen-bond acceptors (Lipinski definition) is 3. The van der Waals surface area contributed by atoms with Crippen LogP contribution in [0.25, 0.3) is 0 Å². The summed E-state index contributed by atoms with van der Waals surface area (Å²) in [5, 5.41) is 6.38. The van der Waals surface area contributed by atoms with Gasteiger partial charge in [0.2, 0.25) is 5.91 Å². The maximum Gasteiger partial charge on any atom is 0.224 e. The van der Waals surface area contributed by atoms with E-state index in [1.54, 1.807) is 0 Å². The molecule has 0 spiro atoms. The molecule has 1 amide bonds. The highest BCUT2D eigenvalue weighted by molar-refractivity contribution is 5.90. The molecule has 1 aromatic rings. The fourth-order valence-electron chi connectivity index (χ4n) is 3.70. The molecule has 1 atom stereocenters. The van der Waals surface area contributed by atoms with Gasteiger partial charge in [0.1, 0.15) is 0 Å². The van der Waals surface area contributed by atoms with Crippen LogP contribution >= 0.6 is 0 Å². The summed E-state index contributed by atoms with van der Waals surface area (Å²) in [6.45, 7) is 2.79. The molecule has 132 valence electrons. The van der Waals surface area contributed by atoms with Gasteiger partial charge in [0.15, 0.2) is 0 Å². The molecule has 2 fully saturated rings. The first kappa shape index (κ1) is 17.4. The van der Waals surface area contributed by atoms with Crippen LogP contribution < -0.4 is 10.6 Å².